The van der Waals surface area contributed by atoms with Gasteiger partial charge < -0.3 is 28.8 Å². The molecule has 0 saturated carbocycles. The van der Waals surface area contributed by atoms with Crippen molar-refractivity contribution in [3.63, 3.8) is 0 Å². The summed E-state index contributed by atoms with van der Waals surface area (Å²) >= 11 is 0. The normalized spacial score (nSPS) is 27.8. The second-order valence-corrected chi connectivity index (χ2v) is 5.27. The molecule has 0 radical (unpaired) electrons. The molecule has 0 aliphatic carbocycles. The predicted molar refractivity (Wildman–Crippen MR) is 82.4 cm³/mol. The number of ether oxygens (including phenoxy) is 5. The van der Waals surface area contributed by atoms with Crippen molar-refractivity contribution >= 4 is 17.9 Å². The monoisotopic (exact) mass is 375 g/mol. The fourth-order valence-corrected chi connectivity index (χ4v) is 2.39. The predicted octanol–water partition coefficient (Wildman–Crippen LogP) is -0.174. The molecule has 0 bridgehead atoms. The quantitative estimate of drug-likeness (QED) is 0.151. The Morgan fingerprint density at radius 3 is 2.08 bits per heavy atom. The van der Waals surface area contributed by atoms with Crippen LogP contribution in [0.4, 0.5) is 0 Å². The zero-order valence-electron chi connectivity index (χ0n) is 14.6. The zero-order valence-corrected chi connectivity index (χ0v) is 14.6. The van der Waals surface area contributed by atoms with E-state index in [1.54, 1.807) is 0 Å². The summed E-state index contributed by atoms with van der Waals surface area (Å²) in [7, 11) is 0. The molecule has 146 valence electrons. The second-order valence-electron chi connectivity index (χ2n) is 5.27. The minimum atomic E-state index is -1.27. The van der Waals surface area contributed by atoms with E-state index in [2.05, 4.69) is 10.0 Å². The van der Waals surface area contributed by atoms with Crippen LogP contribution >= 0.6 is 0 Å². The topological polar surface area (TPSA) is 166 Å². The highest BCUT2D eigenvalue weighted by molar-refractivity contribution is 5.68. The summed E-state index contributed by atoms with van der Waals surface area (Å²) in [6.45, 7) is 2.67. The zero-order chi connectivity index (χ0) is 19.7. The van der Waals surface area contributed by atoms with Gasteiger partial charge >= 0.3 is 17.9 Å². The molecule has 0 aromatic rings. The van der Waals surface area contributed by atoms with E-state index in [0.717, 1.165) is 20.8 Å². The van der Waals surface area contributed by atoms with Gasteiger partial charge in [0.2, 0.25) is 0 Å². The van der Waals surface area contributed by atoms with E-state index < -0.39 is 55.2 Å². The van der Waals surface area contributed by atoms with Crippen LogP contribution in [0.2, 0.25) is 0 Å². The fourth-order valence-electron chi connectivity index (χ4n) is 2.39. The molecule has 0 amide bonds. The lowest BCUT2D eigenvalue weighted by Gasteiger charge is -2.43. The standard InChI is InChI=1S/C14H21N3O9/c1-7(19)23-11-10(6-18)26-14(22-5-4-16-17-15)13(25-9(3)21)12(11)24-8(2)20/h10-14,18H,4-6H2,1-3H3/t10-,11+,12+,13-,14-/m1/s1. The fraction of sp³-hybridized carbons (Fsp3) is 0.786. The van der Waals surface area contributed by atoms with Crippen LogP contribution in [0, 0.1) is 0 Å². The van der Waals surface area contributed by atoms with Crippen molar-refractivity contribution in [2.75, 3.05) is 19.8 Å². The first-order valence-corrected chi connectivity index (χ1v) is 7.70. The number of nitrogens with zero attached hydrogens (tertiary/aromatic N) is 3. The van der Waals surface area contributed by atoms with Gasteiger partial charge in [0.25, 0.3) is 0 Å². The molecule has 1 aliphatic rings. The van der Waals surface area contributed by atoms with Gasteiger partial charge in [0.05, 0.1) is 13.2 Å². The van der Waals surface area contributed by atoms with Crippen molar-refractivity contribution in [1.82, 2.24) is 0 Å². The van der Waals surface area contributed by atoms with Gasteiger partial charge in [-0.15, -0.1) is 0 Å². The van der Waals surface area contributed by atoms with Gasteiger partial charge in [0.15, 0.2) is 24.6 Å². The molecular weight excluding hydrogens is 354 g/mol. The molecule has 0 aromatic heterocycles. The number of hydrogen-bond acceptors (Lipinski definition) is 10. The number of aliphatic hydroxyl groups excluding tert-OH is 1. The highest BCUT2D eigenvalue weighted by Gasteiger charge is 2.52. The Morgan fingerprint density at radius 1 is 1.04 bits per heavy atom. The largest absolute Gasteiger partial charge is 0.456 e. The van der Waals surface area contributed by atoms with Gasteiger partial charge in [-0.05, 0) is 5.53 Å². The van der Waals surface area contributed by atoms with Crippen LogP contribution in [0.5, 0.6) is 0 Å². The molecule has 0 aromatic carbocycles. The van der Waals surface area contributed by atoms with Gasteiger partial charge in [-0.3, -0.25) is 14.4 Å². The molecule has 1 aliphatic heterocycles. The minimum absolute atomic E-state index is 0.0292. The maximum atomic E-state index is 11.5. The average Bonchev–Trinajstić information content (AvgIpc) is 2.54. The highest BCUT2D eigenvalue weighted by Crippen LogP contribution is 2.29. The molecule has 0 unspecified atom stereocenters. The Morgan fingerprint density at radius 2 is 1.58 bits per heavy atom. The van der Waals surface area contributed by atoms with Crippen LogP contribution in [0.25, 0.3) is 10.4 Å². The first-order valence-electron chi connectivity index (χ1n) is 7.70. The average molecular weight is 375 g/mol. The number of azide groups is 1. The smallest absolute Gasteiger partial charge is 0.303 e. The molecule has 0 spiro atoms. The summed E-state index contributed by atoms with van der Waals surface area (Å²) in [5.74, 6) is -2.15. The van der Waals surface area contributed by atoms with Crippen LogP contribution in [0.15, 0.2) is 5.11 Å². The van der Waals surface area contributed by atoms with E-state index in [0.29, 0.717) is 0 Å². The van der Waals surface area contributed by atoms with Crippen LogP contribution in [0.3, 0.4) is 0 Å². The summed E-state index contributed by atoms with van der Waals surface area (Å²) in [6, 6.07) is 0. The van der Waals surface area contributed by atoms with E-state index in [4.69, 9.17) is 29.2 Å². The van der Waals surface area contributed by atoms with Crippen LogP contribution in [-0.4, -0.2) is 73.5 Å². The summed E-state index contributed by atoms with van der Waals surface area (Å²) in [5.41, 5.74) is 8.28. The molecule has 12 nitrogen and oxygen atoms in total. The van der Waals surface area contributed by atoms with E-state index in [9.17, 15) is 19.5 Å². The van der Waals surface area contributed by atoms with Gasteiger partial charge in [-0.2, -0.15) is 0 Å². The summed E-state index contributed by atoms with van der Waals surface area (Å²) in [6.07, 6.45) is -6.10. The second kappa shape index (κ2) is 10.6. The molecule has 1 heterocycles. The molecule has 12 heteroatoms. The summed E-state index contributed by atoms with van der Waals surface area (Å²) in [5, 5.41) is 12.8. The molecule has 1 rings (SSSR count). The number of aliphatic hydroxyl groups is 1. The van der Waals surface area contributed by atoms with Crippen LogP contribution < -0.4 is 0 Å². The summed E-state index contributed by atoms with van der Waals surface area (Å²) in [4.78, 5) is 36.9. The number of carbonyl (C=O) groups is 3. The first kappa shape index (κ1) is 21.6. The van der Waals surface area contributed by atoms with Crippen molar-refractivity contribution in [1.29, 1.82) is 0 Å². The van der Waals surface area contributed by atoms with Gasteiger partial charge in [-0.25, -0.2) is 0 Å². The van der Waals surface area contributed by atoms with E-state index >= 15 is 0 Å². The Balaban J connectivity index is 3.12. The molecule has 5 atom stereocenters. The van der Waals surface area contributed by atoms with E-state index in [-0.39, 0.29) is 13.2 Å². The van der Waals surface area contributed by atoms with Gasteiger partial charge in [0.1, 0.15) is 6.10 Å². The molecular formula is C14H21N3O9. The van der Waals surface area contributed by atoms with Crippen molar-refractivity contribution < 1.29 is 43.2 Å². The van der Waals surface area contributed by atoms with Crippen molar-refractivity contribution in [2.45, 2.75) is 51.5 Å². The van der Waals surface area contributed by atoms with E-state index in [1.165, 1.54) is 0 Å². The lowest BCUT2D eigenvalue weighted by atomic mass is 9.98. The number of esters is 3. The third-order valence-electron chi connectivity index (χ3n) is 3.21. The molecule has 1 fully saturated rings. The Labute approximate surface area is 148 Å². The summed E-state index contributed by atoms with van der Waals surface area (Å²) < 4.78 is 26.3. The Kier molecular flexibility index (Phi) is 8.79. The van der Waals surface area contributed by atoms with Gasteiger partial charge in [0, 0.05) is 32.2 Å². The highest BCUT2D eigenvalue weighted by atomic mass is 16.7. The van der Waals surface area contributed by atoms with Crippen molar-refractivity contribution in [2.24, 2.45) is 5.11 Å². The molecule has 1 saturated heterocycles. The number of rotatable bonds is 8. The maximum Gasteiger partial charge on any atom is 0.303 e. The van der Waals surface area contributed by atoms with Crippen LogP contribution in [-0.2, 0) is 38.1 Å². The number of carbonyl (C=O) groups excluding carboxylic acids is 3. The Bertz CT molecular complexity index is 564. The van der Waals surface area contributed by atoms with Crippen molar-refractivity contribution in [3.8, 4) is 0 Å². The lowest BCUT2D eigenvalue weighted by Crippen LogP contribution is -2.62. The Hall–Kier alpha value is -2.40. The third kappa shape index (κ3) is 6.48. The first-order chi connectivity index (χ1) is 12.3. The minimum Gasteiger partial charge on any atom is -0.456 e. The maximum absolute atomic E-state index is 11.5. The van der Waals surface area contributed by atoms with E-state index in [1.807, 2.05) is 0 Å². The SMILES string of the molecule is CC(=O)O[C@H]1[C@@H](OC(C)=O)[C@@H](CO)O[C@@H](OCCN=[N+]=[N-])[C@@H]1OC(C)=O. The molecule has 1 N–H and O–H groups in total. The number of hydrogen-bond donors (Lipinski definition) is 1. The molecule has 26 heavy (non-hydrogen) atoms. The van der Waals surface area contributed by atoms with Gasteiger partial charge in [-0.1, -0.05) is 5.11 Å². The van der Waals surface area contributed by atoms with Crippen LogP contribution in [0.1, 0.15) is 20.8 Å². The van der Waals surface area contributed by atoms with Crippen molar-refractivity contribution in [3.05, 3.63) is 10.4 Å². The third-order valence-corrected chi connectivity index (χ3v) is 3.21. The lowest BCUT2D eigenvalue weighted by molar-refractivity contribution is -0.307.